The third kappa shape index (κ3) is 3.31. The van der Waals surface area contributed by atoms with Gasteiger partial charge in [-0.3, -0.25) is 4.79 Å². The van der Waals surface area contributed by atoms with Crippen molar-refractivity contribution in [1.82, 2.24) is 9.78 Å². The van der Waals surface area contributed by atoms with Gasteiger partial charge in [0.05, 0.1) is 39.8 Å². The van der Waals surface area contributed by atoms with E-state index in [4.69, 9.17) is 33.0 Å². The Bertz CT molecular complexity index is 1070. The number of Topliss-reactive ketones (excluding diaryl/α,β-unsaturated/α-hetero) is 1. The Kier molecular flexibility index (Phi) is 4.72. The average Bonchev–Trinajstić information content (AvgIpc) is 3.02. The fraction of sp³-hybridized carbons (Fsp3) is 0.273. The maximum atomic E-state index is 13.1. The highest BCUT2D eigenvalue weighted by Gasteiger charge is 2.36. The first-order chi connectivity index (χ1) is 13.3. The zero-order valence-electron chi connectivity index (χ0n) is 15.9. The number of nitrogens with zero attached hydrogens (tertiary/aromatic N) is 2. The standard InChI is InChI=1S/C22H20Cl2N2O2/c1-22(2)11-18-20(19(27)12-22)21(13-4-9-16(23)17(24)10-13)26(25-18)14-5-7-15(28-3)8-6-14/h4-10H,11-12H2,1-3H3. The van der Waals surface area contributed by atoms with Gasteiger partial charge in [-0.05, 0) is 48.2 Å². The SMILES string of the molecule is COc1ccc(-n2nc3c(c2-c2ccc(Cl)c(Cl)c2)C(=O)CC(C)(C)C3)cc1. The van der Waals surface area contributed by atoms with E-state index in [1.165, 1.54) is 0 Å². The molecular formula is C22H20Cl2N2O2. The number of ether oxygens (including phenoxy) is 1. The molecular weight excluding hydrogens is 395 g/mol. The van der Waals surface area contributed by atoms with Crippen molar-refractivity contribution in [1.29, 1.82) is 0 Å². The second-order valence-electron chi connectivity index (χ2n) is 7.85. The summed E-state index contributed by atoms with van der Waals surface area (Å²) in [5.41, 5.74) is 3.79. The molecule has 0 amide bonds. The molecule has 0 N–H and O–H groups in total. The van der Waals surface area contributed by atoms with Gasteiger partial charge in [-0.25, -0.2) is 4.68 Å². The van der Waals surface area contributed by atoms with Crippen molar-refractivity contribution in [2.75, 3.05) is 7.11 Å². The molecule has 0 saturated heterocycles. The van der Waals surface area contributed by atoms with E-state index >= 15 is 0 Å². The molecule has 0 atom stereocenters. The first-order valence-electron chi connectivity index (χ1n) is 9.04. The summed E-state index contributed by atoms with van der Waals surface area (Å²) in [6, 6.07) is 13.0. The van der Waals surface area contributed by atoms with Gasteiger partial charge in [-0.1, -0.05) is 43.1 Å². The van der Waals surface area contributed by atoms with Crippen molar-refractivity contribution in [3.8, 4) is 22.7 Å². The lowest BCUT2D eigenvalue weighted by atomic mass is 9.75. The van der Waals surface area contributed by atoms with E-state index in [1.807, 2.05) is 35.0 Å². The van der Waals surface area contributed by atoms with Crippen molar-refractivity contribution in [2.24, 2.45) is 5.41 Å². The van der Waals surface area contributed by atoms with Crippen molar-refractivity contribution in [2.45, 2.75) is 26.7 Å². The lowest BCUT2D eigenvalue weighted by molar-refractivity contribution is 0.0912. The number of carbonyl (C=O) groups is 1. The van der Waals surface area contributed by atoms with Crippen LogP contribution in [-0.4, -0.2) is 22.7 Å². The summed E-state index contributed by atoms with van der Waals surface area (Å²) in [5, 5.41) is 5.75. The third-order valence-electron chi connectivity index (χ3n) is 5.03. The Morgan fingerprint density at radius 2 is 1.75 bits per heavy atom. The maximum Gasteiger partial charge on any atom is 0.167 e. The first kappa shape index (κ1) is 19.0. The molecule has 0 bridgehead atoms. The molecule has 144 valence electrons. The zero-order chi connectivity index (χ0) is 20.1. The van der Waals surface area contributed by atoms with E-state index in [0.717, 1.165) is 34.8 Å². The fourth-order valence-corrected chi connectivity index (χ4v) is 4.04. The fourth-order valence-electron chi connectivity index (χ4n) is 3.74. The lowest BCUT2D eigenvalue weighted by Gasteiger charge is -2.27. The van der Waals surface area contributed by atoms with Crippen LogP contribution in [0.25, 0.3) is 16.9 Å². The molecule has 6 heteroatoms. The third-order valence-corrected chi connectivity index (χ3v) is 5.77. The molecule has 1 heterocycles. The van der Waals surface area contributed by atoms with Gasteiger partial charge in [0.1, 0.15) is 5.75 Å². The Hall–Kier alpha value is -2.30. The van der Waals surface area contributed by atoms with Gasteiger partial charge in [0, 0.05) is 12.0 Å². The average molecular weight is 415 g/mol. The largest absolute Gasteiger partial charge is 0.497 e. The van der Waals surface area contributed by atoms with Crippen LogP contribution in [0, 0.1) is 5.41 Å². The maximum absolute atomic E-state index is 13.1. The summed E-state index contributed by atoms with van der Waals surface area (Å²) < 4.78 is 7.08. The summed E-state index contributed by atoms with van der Waals surface area (Å²) >= 11 is 12.4. The number of aromatic nitrogens is 2. The number of halogens is 2. The molecule has 0 saturated carbocycles. The molecule has 28 heavy (non-hydrogen) atoms. The number of fused-ring (bicyclic) bond motifs is 1. The normalized spacial score (nSPS) is 15.4. The van der Waals surface area contributed by atoms with Gasteiger partial charge >= 0.3 is 0 Å². The zero-order valence-corrected chi connectivity index (χ0v) is 17.4. The molecule has 1 aliphatic carbocycles. The minimum absolute atomic E-state index is 0.104. The number of hydrogen-bond acceptors (Lipinski definition) is 3. The smallest absolute Gasteiger partial charge is 0.167 e. The lowest BCUT2D eigenvalue weighted by Crippen LogP contribution is -2.26. The van der Waals surface area contributed by atoms with E-state index in [2.05, 4.69) is 13.8 Å². The quantitative estimate of drug-likeness (QED) is 0.526. The molecule has 1 aliphatic rings. The van der Waals surface area contributed by atoms with Crippen LogP contribution in [-0.2, 0) is 6.42 Å². The Labute approximate surface area is 174 Å². The first-order valence-corrected chi connectivity index (χ1v) is 9.79. The molecule has 3 aromatic rings. The van der Waals surface area contributed by atoms with E-state index in [0.29, 0.717) is 22.0 Å². The number of methoxy groups -OCH3 is 1. The topological polar surface area (TPSA) is 44.1 Å². The minimum Gasteiger partial charge on any atom is -0.497 e. The van der Waals surface area contributed by atoms with Crippen molar-refractivity contribution < 1.29 is 9.53 Å². The van der Waals surface area contributed by atoms with Gasteiger partial charge in [-0.15, -0.1) is 0 Å². The van der Waals surface area contributed by atoms with E-state index < -0.39 is 0 Å². The number of benzene rings is 2. The van der Waals surface area contributed by atoms with Crippen molar-refractivity contribution in [3.05, 3.63) is 63.8 Å². The highest BCUT2D eigenvalue weighted by molar-refractivity contribution is 6.42. The predicted octanol–water partition coefficient (Wildman–Crippen LogP) is 6.01. The summed E-state index contributed by atoms with van der Waals surface area (Å²) in [7, 11) is 1.63. The van der Waals surface area contributed by atoms with Crippen LogP contribution in [0.3, 0.4) is 0 Å². The molecule has 2 aromatic carbocycles. The van der Waals surface area contributed by atoms with Crippen LogP contribution in [0.4, 0.5) is 0 Å². The van der Waals surface area contributed by atoms with Gasteiger partial charge in [0.2, 0.25) is 0 Å². The molecule has 0 spiro atoms. The van der Waals surface area contributed by atoms with Crippen LogP contribution in [0.15, 0.2) is 42.5 Å². The van der Waals surface area contributed by atoms with Gasteiger partial charge in [0.25, 0.3) is 0 Å². The number of hydrogen-bond donors (Lipinski definition) is 0. The van der Waals surface area contributed by atoms with Crippen LogP contribution in [0.2, 0.25) is 10.0 Å². The molecule has 1 aromatic heterocycles. The van der Waals surface area contributed by atoms with Crippen LogP contribution in [0.1, 0.15) is 36.3 Å². The van der Waals surface area contributed by atoms with Crippen LogP contribution < -0.4 is 4.74 Å². The summed E-state index contributed by atoms with van der Waals surface area (Å²) in [4.78, 5) is 13.1. The summed E-state index contributed by atoms with van der Waals surface area (Å²) in [6.45, 7) is 4.19. The van der Waals surface area contributed by atoms with E-state index in [-0.39, 0.29) is 11.2 Å². The van der Waals surface area contributed by atoms with Crippen molar-refractivity contribution >= 4 is 29.0 Å². The Balaban J connectivity index is 1.97. The van der Waals surface area contributed by atoms with Gasteiger partial charge in [0.15, 0.2) is 5.78 Å². The molecule has 0 unspecified atom stereocenters. The minimum atomic E-state index is -0.113. The summed E-state index contributed by atoms with van der Waals surface area (Å²) in [6.07, 6.45) is 1.23. The second kappa shape index (κ2) is 6.94. The van der Waals surface area contributed by atoms with Crippen molar-refractivity contribution in [3.63, 3.8) is 0 Å². The Morgan fingerprint density at radius 1 is 1.04 bits per heavy atom. The number of ketones is 1. The molecule has 0 aliphatic heterocycles. The highest BCUT2D eigenvalue weighted by atomic mass is 35.5. The Morgan fingerprint density at radius 3 is 2.39 bits per heavy atom. The van der Waals surface area contributed by atoms with Gasteiger partial charge in [-0.2, -0.15) is 5.10 Å². The van der Waals surface area contributed by atoms with Gasteiger partial charge < -0.3 is 4.74 Å². The monoisotopic (exact) mass is 414 g/mol. The molecule has 4 nitrogen and oxygen atoms in total. The van der Waals surface area contributed by atoms with E-state index in [1.54, 1.807) is 19.2 Å². The van der Waals surface area contributed by atoms with E-state index in [9.17, 15) is 4.79 Å². The second-order valence-corrected chi connectivity index (χ2v) is 8.66. The molecule has 0 radical (unpaired) electrons. The van der Waals surface area contributed by atoms with Crippen LogP contribution in [0.5, 0.6) is 5.75 Å². The number of carbonyl (C=O) groups excluding carboxylic acids is 1. The predicted molar refractivity (Wildman–Crippen MR) is 112 cm³/mol. The molecule has 0 fully saturated rings. The molecule has 4 rings (SSSR count). The highest BCUT2D eigenvalue weighted by Crippen LogP contribution is 2.41. The summed E-state index contributed by atoms with van der Waals surface area (Å²) in [5.74, 6) is 0.862. The van der Waals surface area contributed by atoms with Crippen LogP contribution >= 0.6 is 23.2 Å². The number of rotatable bonds is 3.